The van der Waals surface area contributed by atoms with Crippen molar-refractivity contribution in [1.29, 1.82) is 5.41 Å². The van der Waals surface area contributed by atoms with Crippen LogP contribution in [0.5, 0.6) is 0 Å². The predicted octanol–water partition coefficient (Wildman–Crippen LogP) is -1.13. The van der Waals surface area contributed by atoms with Crippen LogP contribution >= 0.6 is 0 Å². The Hall–Kier alpha value is -2.64. The van der Waals surface area contributed by atoms with Crippen LogP contribution in [0.2, 0.25) is 0 Å². The summed E-state index contributed by atoms with van der Waals surface area (Å²) in [4.78, 5) is 8.15. The molecule has 1 fully saturated rings. The first-order valence-corrected chi connectivity index (χ1v) is 10.1. The summed E-state index contributed by atoms with van der Waals surface area (Å²) in [6.07, 6.45) is -2.53. The molecule has 0 unspecified atom stereocenters. The number of aryl methyl sites for hydroxylation is 1. The van der Waals surface area contributed by atoms with E-state index in [2.05, 4.69) is 9.97 Å². The third kappa shape index (κ3) is 3.05. The molecule has 0 bridgehead atoms. The molecule has 1 aromatic carbocycles. The minimum Gasteiger partial charge on any atom is -0.394 e. The van der Waals surface area contributed by atoms with E-state index in [1.165, 1.54) is 23.0 Å². The number of rotatable bonds is 4. The maximum Gasteiger partial charge on any atom is 0.270 e. The van der Waals surface area contributed by atoms with Crippen molar-refractivity contribution in [1.82, 2.24) is 18.5 Å². The summed E-state index contributed by atoms with van der Waals surface area (Å²) in [5.41, 5.74) is 0.549. The molecule has 11 nitrogen and oxygen atoms in total. The first-order chi connectivity index (χ1) is 13.8. The highest BCUT2D eigenvalue weighted by atomic mass is 32.2. The number of ether oxygens (including phenoxy) is 1. The molecule has 1 aliphatic heterocycles. The Morgan fingerprint density at radius 3 is 2.45 bits per heavy atom. The lowest BCUT2D eigenvalue weighted by Gasteiger charge is -2.16. The van der Waals surface area contributed by atoms with E-state index in [4.69, 9.17) is 10.1 Å². The van der Waals surface area contributed by atoms with Gasteiger partial charge in [0.2, 0.25) is 0 Å². The Morgan fingerprint density at radius 1 is 1.14 bits per heavy atom. The maximum absolute atomic E-state index is 12.9. The highest BCUT2D eigenvalue weighted by Crippen LogP contribution is 2.30. The molecule has 0 spiro atoms. The van der Waals surface area contributed by atoms with E-state index in [0.717, 1.165) is 11.9 Å². The van der Waals surface area contributed by atoms with Gasteiger partial charge in [0.05, 0.1) is 17.8 Å². The van der Waals surface area contributed by atoms with Crippen LogP contribution in [0, 0.1) is 12.3 Å². The minimum atomic E-state index is -4.06. The first-order valence-electron chi connectivity index (χ1n) is 8.69. The van der Waals surface area contributed by atoms with Gasteiger partial charge in [-0.1, -0.05) is 17.7 Å². The van der Waals surface area contributed by atoms with Crippen molar-refractivity contribution in [3.63, 3.8) is 0 Å². The van der Waals surface area contributed by atoms with Gasteiger partial charge in [0.25, 0.3) is 10.0 Å². The highest BCUT2D eigenvalue weighted by molar-refractivity contribution is 7.90. The largest absolute Gasteiger partial charge is 0.394 e. The second-order valence-corrected chi connectivity index (χ2v) is 8.57. The normalized spacial score (nSPS) is 25.0. The van der Waals surface area contributed by atoms with E-state index in [-0.39, 0.29) is 16.1 Å². The average molecular weight is 421 g/mol. The number of fused-ring (bicyclic) bond motifs is 1. The molecule has 29 heavy (non-hydrogen) atoms. The summed E-state index contributed by atoms with van der Waals surface area (Å²) in [5, 5.41) is 37.7. The summed E-state index contributed by atoms with van der Waals surface area (Å²) >= 11 is 0. The van der Waals surface area contributed by atoms with Gasteiger partial charge in [-0.3, -0.25) is 9.98 Å². The van der Waals surface area contributed by atoms with E-state index in [0.29, 0.717) is 3.97 Å². The Morgan fingerprint density at radius 2 is 1.83 bits per heavy atom. The Kier molecular flexibility index (Phi) is 4.75. The molecule has 1 aliphatic rings. The van der Waals surface area contributed by atoms with Gasteiger partial charge in [0.1, 0.15) is 24.6 Å². The Bertz CT molecular complexity index is 1220. The average Bonchev–Trinajstić information content (AvgIpc) is 3.24. The minimum absolute atomic E-state index is 0.00522. The molecule has 3 heterocycles. The lowest BCUT2D eigenvalue weighted by atomic mass is 10.1. The van der Waals surface area contributed by atoms with Gasteiger partial charge < -0.3 is 20.1 Å². The SMILES string of the molecule is Cc1ccc(S(=O)(=O)n2cnc3c(ncn3[C@@H]3O[C@H](CO)[C@@H](O)[C@H]3O)c2=N)cc1. The molecule has 4 N–H and O–H groups in total. The Balaban J connectivity index is 1.79. The zero-order chi connectivity index (χ0) is 20.9. The van der Waals surface area contributed by atoms with E-state index in [1.54, 1.807) is 12.1 Å². The van der Waals surface area contributed by atoms with Gasteiger partial charge in [-0.2, -0.15) is 0 Å². The van der Waals surface area contributed by atoms with Gasteiger partial charge in [-0.05, 0) is 19.1 Å². The zero-order valence-corrected chi connectivity index (χ0v) is 16.1. The number of nitrogens with zero attached hydrogens (tertiary/aromatic N) is 4. The topological polar surface area (TPSA) is 164 Å². The summed E-state index contributed by atoms with van der Waals surface area (Å²) < 4.78 is 33.2. The zero-order valence-electron chi connectivity index (χ0n) is 15.2. The number of aliphatic hydroxyl groups is 3. The van der Waals surface area contributed by atoms with Crippen LogP contribution in [-0.2, 0) is 14.8 Å². The number of hydrogen-bond donors (Lipinski definition) is 4. The number of hydrogen-bond acceptors (Lipinski definition) is 9. The van der Waals surface area contributed by atoms with Gasteiger partial charge in [0.15, 0.2) is 22.9 Å². The molecule has 1 saturated heterocycles. The molecular formula is C17H19N5O6S. The molecule has 2 aromatic heterocycles. The van der Waals surface area contributed by atoms with E-state index < -0.39 is 46.7 Å². The van der Waals surface area contributed by atoms with Crippen molar-refractivity contribution in [3.8, 4) is 0 Å². The fourth-order valence-electron chi connectivity index (χ4n) is 3.22. The first kappa shape index (κ1) is 19.7. The molecule has 3 aromatic rings. The van der Waals surface area contributed by atoms with Gasteiger partial charge in [-0.15, -0.1) is 0 Å². The molecule has 0 radical (unpaired) electrons. The molecule has 0 aliphatic carbocycles. The number of benzene rings is 1. The highest BCUT2D eigenvalue weighted by Gasteiger charge is 2.44. The van der Waals surface area contributed by atoms with Crippen molar-refractivity contribution < 1.29 is 28.5 Å². The monoisotopic (exact) mass is 421 g/mol. The maximum atomic E-state index is 12.9. The number of nitrogens with one attached hydrogen (secondary N) is 1. The van der Waals surface area contributed by atoms with Crippen molar-refractivity contribution in [3.05, 3.63) is 48.0 Å². The second kappa shape index (κ2) is 7.00. The third-order valence-corrected chi connectivity index (χ3v) is 6.53. The van der Waals surface area contributed by atoms with E-state index in [9.17, 15) is 23.7 Å². The summed E-state index contributed by atoms with van der Waals surface area (Å²) in [7, 11) is -4.06. The summed E-state index contributed by atoms with van der Waals surface area (Å²) in [6, 6.07) is 6.19. The second-order valence-electron chi connectivity index (χ2n) is 6.76. The third-order valence-electron chi connectivity index (χ3n) is 4.87. The molecule has 0 saturated carbocycles. The van der Waals surface area contributed by atoms with E-state index >= 15 is 0 Å². The van der Waals surface area contributed by atoms with Gasteiger partial charge in [-0.25, -0.2) is 22.4 Å². The summed E-state index contributed by atoms with van der Waals surface area (Å²) in [5.74, 6) is 0. The van der Waals surface area contributed by atoms with Crippen LogP contribution in [0.25, 0.3) is 11.2 Å². The quantitative estimate of drug-likeness (QED) is 0.411. The van der Waals surface area contributed by atoms with Gasteiger partial charge >= 0.3 is 0 Å². The van der Waals surface area contributed by atoms with Gasteiger partial charge in [0, 0.05) is 0 Å². The number of imidazole rings is 1. The van der Waals surface area contributed by atoms with Crippen LogP contribution in [-0.4, -0.2) is 67.2 Å². The van der Waals surface area contributed by atoms with Crippen LogP contribution in [0.3, 0.4) is 0 Å². The van der Waals surface area contributed by atoms with Crippen LogP contribution in [0.1, 0.15) is 11.8 Å². The smallest absolute Gasteiger partial charge is 0.270 e. The van der Waals surface area contributed by atoms with Crippen molar-refractivity contribution in [2.75, 3.05) is 6.61 Å². The molecule has 0 amide bonds. The lowest BCUT2D eigenvalue weighted by Crippen LogP contribution is -2.33. The van der Waals surface area contributed by atoms with Crippen molar-refractivity contribution >= 4 is 21.2 Å². The molecule has 12 heteroatoms. The van der Waals surface area contributed by atoms with Crippen LogP contribution < -0.4 is 5.49 Å². The predicted molar refractivity (Wildman–Crippen MR) is 98.1 cm³/mol. The molecule has 4 atom stereocenters. The fraction of sp³-hybridized carbons (Fsp3) is 0.353. The van der Waals surface area contributed by atoms with Crippen molar-refractivity contribution in [2.24, 2.45) is 0 Å². The standard InChI is InChI=1S/C17H19N5O6S/c1-9-2-4-10(5-3-9)29(26,27)22-8-20-16-12(15(22)18)19-7-21(16)17-14(25)13(24)11(6-23)28-17/h2-5,7-8,11,13-14,17-18,23-25H,6H2,1H3/t11-,13-,14-,17-/m1/s1. The number of aliphatic hydroxyl groups excluding tert-OH is 3. The van der Waals surface area contributed by atoms with Crippen LogP contribution in [0.15, 0.2) is 41.8 Å². The molecular weight excluding hydrogens is 402 g/mol. The van der Waals surface area contributed by atoms with Crippen molar-refractivity contribution in [2.45, 2.75) is 36.4 Å². The Labute approximate surface area is 165 Å². The van der Waals surface area contributed by atoms with Crippen LogP contribution in [0.4, 0.5) is 0 Å². The van der Waals surface area contributed by atoms with E-state index in [1.807, 2.05) is 6.92 Å². The molecule has 4 rings (SSSR count). The lowest BCUT2D eigenvalue weighted by molar-refractivity contribution is -0.0511. The molecule has 154 valence electrons. The number of aromatic nitrogens is 4. The fourth-order valence-corrected chi connectivity index (χ4v) is 4.43. The summed E-state index contributed by atoms with van der Waals surface area (Å²) in [6.45, 7) is 1.34.